The van der Waals surface area contributed by atoms with E-state index < -0.39 is 37.3 Å². The van der Waals surface area contributed by atoms with Crippen LogP contribution in [0.2, 0.25) is 0 Å². The Hall–Kier alpha value is -2.00. The molecule has 2 heterocycles. The first-order valence-electron chi connectivity index (χ1n) is 9.29. The number of ether oxygens (including phenoxy) is 2. The molecule has 1 saturated heterocycles. The normalized spacial score (nSPS) is 31.8. The number of hydrogen-bond donors (Lipinski definition) is 5. The van der Waals surface area contributed by atoms with Crippen molar-refractivity contribution >= 4 is 0 Å². The van der Waals surface area contributed by atoms with Gasteiger partial charge in [-0.25, -0.2) is 0 Å². The lowest BCUT2D eigenvalue weighted by Crippen LogP contribution is -2.58. The van der Waals surface area contributed by atoms with Crippen LogP contribution in [0.1, 0.15) is 23.7 Å². The fourth-order valence-electron chi connectivity index (χ4n) is 3.31. The summed E-state index contributed by atoms with van der Waals surface area (Å²) in [6, 6.07) is 18.8. The molecule has 0 spiro atoms. The molecule has 2 aromatic rings. The molecule has 0 aliphatic carbocycles. The average Bonchev–Trinajstić information content (AvgIpc) is 2.75. The summed E-state index contributed by atoms with van der Waals surface area (Å²) in [6.07, 6.45) is -4.64. The van der Waals surface area contributed by atoms with Crippen LogP contribution in [0.15, 0.2) is 54.6 Å². The van der Waals surface area contributed by atoms with E-state index in [1.807, 2.05) is 12.1 Å². The Bertz CT molecular complexity index is 734. The van der Waals surface area contributed by atoms with Crippen molar-refractivity contribution in [3.8, 4) is 5.75 Å². The fraction of sp³-hybridized carbons (Fsp3) is 0.429. The topological polar surface area (TPSA) is 120 Å². The van der Waals surface area contributed by atoms with Crippen molar-refractivity contribution in [3.63, 3.8) is 0 Å². The summed E-state index contributed by atoms with van der Waals surface area (Å²) in [7, 11) is 0. The molecule has 6 atom stereocenters. The van der Waals surface area contributed by atoms with Crippen LogP contribution >= 0.6 is 0 Å². The van der Waals surface area contributed by atoms with Crippen LogP contribution < -0.4 is 4.74 Å². The molecule has 2 aliphatic heterocycles. The highest BCUT2D eigenvalue weighted by Gasteiger charge is 2.42. The molecule has 5 N–H and O–H groups in total. The van der Waals surface area contributed by atoms with Gasteiger partial charge in [-0.15, -0.1) is 0 Å². The predicted octanol–water partition coefficient (Wildman–Crippen LogP) is 0.531. The monoisotopic (exact) mass is 390 g/mol. The number of aliphatic hydroxyl groups is 5. The molecule has 0 radical (unpaired) electrons. The molecule has 0 amide bonds. The van der Waals surface area contributed by atoms with E-state index in [0.29, 0.717) is 0 Å². The SMILES string of the molecule is OC[C@H]1OC(O)[C@H](O)[C@@H](O)[C@@H]1O.c1ccc(C2CCc3ccccc3O2)cc1. The van der Waals surface area contributed by atoms with Crippen LogP contribution in [0.25, 0.3) is 0 Å². The highest BCUT2D eigenvalue weighted by molar-refractivity contribution is 5.36. The van der Waals surface area contributed by atoms with Crippen LogP contribution in [0.4, 0.5) is 0 Å². The summed E-state index contributed by atoms with van der Waals surface area (Å²) in [6.45, 7) is -0.526. The summed E-state index contributed by atoms with van der Waals surface area (Å²) in [5, 5.41) is 44.7. The molecule has 2 aliphatic rings. The Morgan fingerprint density at radius 3 is 2.21 bits per heavy atom. The second kappa shape index (κ2) is 9.47. The second-order valence-electron chi connectivity index (χ2n) is 6.88. The zero-order valence-corrected chi connectivity index (χ0v) is 15.3. The van der Waals surface area contributed by atoms with Crippen molar-refractivity contribution in [1.82, 2.24) is 0 Å². The average molecular weight is 390 g/mol. The summed E-state index contributed by atoms with van der Waals surface area (Å²) in [5.74, 6) is 1.04. The summed E-state index contributed by atoms with van der Waals surface area (Å²) >= 11 is 0. The Kier molecular flexibility index (Phi) is 7.01. The minimum absolute atomic E-state index is 0.219. The van der Waals surface area contributed by atoms with E-state index in [2.05, 4.69) is 47.2 Å². The van der Waals surface area contributed by atoms with Gasteiger partial charge in [0.1, 0.15) is 36.3 Å². The lowest BCUT2D eigenvalue weighted by atomic mass is 9.98. The van der Waals surface area contributed by atoms with Crippen LogP contribution in [0.5, 0.6) is 5.75 Å². The first kappa shape index (κ1) is 20.7. The van der Waals surface area contributed by atoms with Crippen molar-refractivity contribution in [2.45, 2.75) is 49.7 Å². The summed E-state index contributed by atoms with van der Waals surface area (Å²) in [5.41, 5.74) is 2.60. The molecular weight excluding hydrogens is 364 g/mol. The third kappa shape index (κ3) is 4.70. The Balaban J connectivity index is 0.000000169. The maximum Gasteiger partial charge on any atom is 0.184 e. The highest BCUT2D eigenvalue weighted by Crippen LogP contribution is 2.34. The second-order valence-corrected chi connectivity index (χ2v) is 6.88. The molecule has 1 fully saturated rings. The van der Waals surface area contributed by atoms with Gasteiger partial charge in [0.2, 0.25) is 0 Å². The minimum Gasteiger partial charge on any atom is -0.485 e. The summed E-state index contributed by atoms with van der Waals surface area (Å²) < 4.78 is 10.6. The van der Waals surface area contributed by atoms with Crippen LogP contribution in [0, 0.1) is 0 Å². The van der Waals surface area contributed by atoms with Gasteiger partial charge in [0.15, 0.2) is 6.29 Å². The van der Waals surface area contributed by atoms with Crippen molar-refractivity contribution in [1.29, 1.82) is 0 Å². The third-order valence-electron chi connectivity index (χ3n) is 4.96. The molecule has 0 saturated carbocycles. The van der Waals surface area contributed by atoms with Gasteiger partial charge in [-0.1, -0.05) is 48.5 Å². The molecule has 152 valence electrons. The molecule has 0 aromatic heterocycles. The number of aliphatic hydroxyl groups excluding tert-OH is 5. The molecule has 2 aromatic carbocycles. The van der Waals surface area contributed by atoms with Crippen LogP contribution in [-0.4, -0.2) is 62.8 Å². The number of para-hydroxylation sites is 1. The Morgan fingerprint density at radius 2 is 1.50 bits per heavy atom. The molecule has 7 nitrogen and oxygen atoms in total. The van der Waals surface area contributed by atoms with Gasteiger partial charge in [0.25, 0.3) is 0 Å². The van der Waals surface area contributed by atoms with E-state index in [1.54, 1.807) is 0 Å². The van der Waals surface area contributed by atoms with E-state index in [4.69, 9.17) is 30.3 Å². The number of rotatable bonds is 2. The van der Waals surface area contributed by atoms with Crippen molar-refractivity contribution < 1.29 is 35.0 Å². The first-order chi connectivity index (χ1) is 13.5. The number of aryl methyl sites for hydroxylation is 1. The van der Waals surface area contributed by atoms with Crippen molar-refractivity contribution in [2.24, 2.45) is 0 Å². The number of benzene rings is 2. The summed E-state index contributed by atoms with van der Waals surface area (Å²) in [4.78, 5) is 0. The lowest BCUT2D eigenvalue weighted by molar-refractivity contribution is -0.286. The van der Waals surface area contributed by atoms with Crippen molar-refractivity contribution in [3.05, 3.63) is 65.7 Å². The van der Waals surface area contributed by atoms with E-state index in [9.17, 15) is 0 Å². The Labute approximate surface area is 163 Å². The molecule has 28 heavy (non-hydrogen) atoms. The molecule has 7 heteroatoms. The zero-order chi connectivity index (χ0) is 20.1. The smallest absolute Gasteiger partial charge is 0.184 e. The fourth-order valence-corrected chi connectivity index (χ4v) is 3.31. The number of fused-ring (bicyclic) bond motifs is 1. The quantitative estimate of drug-likeness (QED) is 0.507. The van der Waals surface area contributed by atoms with Gasteiger partial charge in [-0.3, -0.25) is 0 Å². The van der Waals surface area contributed by atoms with Crippen LogP contribution in [-0.2, 0) is 11.2 Å². The maximum atomic E-state index is 9.12. The maximum absolute atomic E-state index is 9.12. The Morgan fingerprint density at radius 1 is 0.821 bits per heavy atom. The lowest BCUT2D eigenvalue weighted by Gasteiger charge is -2.37. The highest BCUT2D eigenvalue weighted by atomic mass is 16.6. The van der Waals surface area contributed by atoms with Crippen molar-refractivity contribution in [2.75, 3.05) is 6.61 Å². The zero-order valence-electron chi connectivity index (χ0n) is 15.3. The first-order valence-corrected chi connectivity index (χ1v) is 9.29. The van der Waals surface area contributed by atoms with Gasteiger partial charge in [-0.05, 0) is 30.0 Å². The van der Waals surface area contributed by atoms with E-state index in [1.165, 1.54) is 11.1 Å². The molecule has 2 unspecified atom stereocenters. The van der Waals surface area contributed by atoms with Gasteiger partial charge < -0.3 is 35.0 Å². The van der Waals surface area contributed by atoms with E-state index in [-0.39, 0.29) is 6.10 Å². The minimum atomic E-state index is -1.57. The predicted molar refractivity (Wildman–Crippen MR) is 101 cm³/mol. The third-order valence-corrected chi connectivity index (χ3v) is 4.96. The van der Waals surface area contributed by atoms with Crippen LogP contribution in [0.3, 0.4) is 0 Å². The van der Waals surface area contributed by atoms with Gasteiger partial charge in [0, 0.05) is 0 Å². The molecule has 0 bridgehead atoms. The van der Waals surface area contributed by atoms with Gasteiger partial charge in [-0.2, -0.15) is 0 Å². The van der Waals surface area contributed by atoms with Gasteiger partial charge >= 0.3 is 0 Å². The standard InChI is InChI=1S/C15H14O.C6H12O6/c1-2-6-12(7-3-1)15-11-10-13-8-4-5-9-14(13)16-15;7-1-2-3(8)4(9)5(10)6(11)12-2/h1-9,15H,10-11H2;2-11H,1H2/t;2-,3-,4+,5-,6?/m.1/s1. The van der Waals surface area contributed by atoms with E-state index in [0.717, 1.165) is 18.6 Å². The van der Waals surface area contributed by atoms with E-state index >= 15 is 0 Å². The molecule has 4 rings (SSSR count). The van der Waals surface area contributed by atoms with Gasteiger partial charge in [0.05, 0.1) is 6.61 Å². The number of hydrogen-bond acceptors (Lipinski definition) is 7. The molecular formula is C21H26O7. The largest absolute Gasteiger partial charge is 0.485 e.